The van der Waals surface area contributed by atoms with Crippen LogP contribution in [-0.2, 0) is 9.53 Å². The Kier molecular flexibility index (Phi) is 3.76. The highest BCUT2D eigenvalue weighted by Gasteiger charge is 2.28. The lowest BCUT2D eigenvalue weighted by atomic mass is 9.97. The first-order valence-corrected chi connectivity index (χ1v) is 8.23. The van der Waals surface area contributed by atoms with Crippen molar-refractivity contribution in [1.82, 2.24) is 4.90 Å². The van der Waals surface area contributed by atoms with E-state index in [1.807, 2.05) is 22.4 Å². The summed E-state index contributed by atoms with van der Waals surface area (Å²) in [6.45, 7) is 1.26. The first-order valence-electron chi connectivity index (χ1n) is 6.53. The normalized spacial score (nSPS) is 16.6. The molecule has 2 aromatic heterocycles. The average Bonchev–Trinajstić information content (AvgIpc) is 3.07. The van der Waals surface area contributed by atoms with Crippen molar-refractivity contribution in [3.8, 4) is 0 Å². The van der Waals surface area contributed by atoms with Gasteiger partial charge in [-0.3, -0.25) is 9.59 Å². The maximum Gasteiger partial charge on any atom is 0.308 e. The SMILES string of the molecule is COC(=O)C1CCN(C(=O)c2cc3sccc3s2)CC1. The molecule has 3 heterocycles. The Bertz CT molecular complexity index is 609. The number of piperidine rings is 1. The van der Waals surface area contributed by atoms with Crippen molar-refractivity contribution in [2.75, 3.05) is 20.2 Å². The molecule has 0 radical (unpaired) electrons. The van der Waals surface area contributed by atoms with E-state index < -0.39 is 0 Å². The zero-order valence-electron chi connectivity index (χ0n) is 11.1. The lowest BCUT2D eigenvalue weighted by Gasteiger charge is -2.30. The van der Waals surface area contributed by atoms with Crippen molar-refractivity contribution in [3.05, 3.63) is 22.4 Å². The summed E-state index contributed by atoms with van der Waals surface area (Å²) in [6.07, 6.45) is 1.39. The molecule has 1 amide bonds. The number of rotatable bonds is 2. The monoisotopic (exact) mass is 309 g/mol. The van der Waals surface area contributed by atoms with Crippen LogP contribution in [-0.4, -0.2) is 37.0 Å². The number of methoxy groups -OCH3 is 1. The minimum Gasteiger partial charge on any atom is -0.469 e. The number of hydrogen-bond donors (Lipinski definition) is 0. The van der Waals surface area contributed by atoms with Gasteiger partial charge in [0.05, 0.1) is 17.9 Å². The van der Waals surface area contributed by atoms with E-state index in [1.165, 1.54) is 16.5 Å². The molecule has 106 valence electrons. The zero-order chi connectivity index (χ0) is 14.1. The number of amides is 1. The third kappa shape index (κ3) is 2.45. The Labute approximate surface area is 125 Å². The molecular weight excluding hydrogens is 294 g/mol. The van der Waals surface area contributed by atoms with Gasteiger partial charge in [0, 0.05) is 22.5 Å². The number of nitrogens with zero attached hydrogens (tertiary/aromatic N) is 1. The van der Waals surface area contributed by atoms with Gasteiger partial charge in [0.2, 0.25) is 0 Å². The summed E-state index contributed by atoms with van der Waals surface area (Å²) in [5, 5.41) is 2.04. The molecule has 0 bridgehead atoms. The van der Waals surface area contributed by atoms with Crippen molar-refractivity contribution in [3.63, 3.8) is 0 Å². The van der Waals surface area contributed by atoms with Gasteiger partial charge in [0.25, 0.3) is 5.91 Å². The van der Waals surface area contributed by atoms with E-state index in [0.29, 0.717) is 25.9 Å². The maximum absolute atomic E-state index is 12.4. The van der Waals surface area contributed by atoms with Crippen LogP contribution in [0.1, 0.15) is 22.5 Å². The molecule has 0 N–H and O–H groups in total. The molecule has 6 heteroatoms. The number of esters is 1. The predicted octanol–water partition coefficient (Wildman–Crippen LogP) is 2.99. The predicted molar refractivity (Wildman–Crippen MR) is 80.3 cm³/mol. The van der Waals surface area contributed by atoms with E-state index in [9.17, 15) is 9.59 Å². The molecule has 0 unspecified atom stereocenters. The highest BCUT2D eigenvalue weighted by Crippen LogP contribution is 2.31. The standard InChI is InChI=1S/C14H15NO3S2/c1-18-14(17)9-2-5-15(6-3-9)13(16)12-8-11-10(20-12)4-7-19-11/h4,7-9H,2-3,5-6H2,1H3. The van der Waals surface area contributed by atoms with Crippen LogP contribution in [0.25, 0.3) is 9.40 Å². The molecule has 0 aliphatic carbocycles. The van der Waals surface area contributed by atoms with Crippen LogP contribution in [0.3, 0.4) is 0 Å². The van der Waals surface area contributed by atoms with Gasteiger partial charge in [-0.1, -0.05) is 0 Å². The van der Waals surface area contributed by atoms with Gasteiger partial charge in [0.15, 0.2) is 0 Å². The molecule has 20 heavy (non-hydrogen) atoms. The fourth-order valence-electron chi connectivity index (χ4n) is 2.51. The summed E-state index contributed by atoms with van der Waals surface area (Å²) in [6, 6.07) is 4.02. The molecule has 1 aliphatic heterocycles. The Balaban J connectivity index is 1.67. The van der Waals surface area contributed by atoms with Crippen LogP contribution in [0.5, 0.6) is 0 Å². The summed E-state index contributed by atoms with van der Waals surface area (Å²) in [5.41, 5.74) is 0. The quantitative estimate of drug-likeness (QED) is 0.801. The smallest absolute Gasteiger partial charge is 0.308 e. The van der Waals surface area contributed by atoms with Crippen LogP contribution in [0.15, 0.2) is 17.5 Å². The number of fused-ring (bicyclic) bond motifs is 1. The third-order valence-electron chi connectivity index (χ3n) is 3.67. The van der Waals surface area contributed by atoms with Gasteiger partial charge < -0.3 is 9.64 Å². The van der Waals surface area contributed by atoms with Crippen molar-refractivity contribution in [2.45, 2.75) is 12.8 Å². The van der Waals surface area contributed by atoms with Gasteiger partial charge in [-0.2, -0.15) is 0 Å². The fourth-order valence-corrected chi connectivity index (χ4v) is 4.59. The number of thiophene rings is 2. The molecule has 1 saturated heterocycles. The summed E-state index contributed by atoms with van der Waals surface area (Å²) >= 11 is 3.20. The molecule has 3 rings (SSSR count). The Morgan fingerprint density at radius 2 is 2.05 bits per heavy atom. The van der Waals surface area contributed by atoms with E-state index in [-0.39, 0.29) is 17.8 Å². The van der Waals surface area contributed by atoms with Gasteiger partial charge >= 0.3 is 5.97 Å². The minimum absolute atomic E-state index is 0.0594. The van der Waals surface area contributed by atoms with Crippen LogP contribution >= 0.6 is 22.7 Å². The first kappa shape index (κ1) is 13.6. The van der Waals surface area contributed by atoms with Crippen molar-refractivity contribution in [2.24, 2.45) is 5.92 Å². The molecule has 1 fully saturated rings. The molecule has 1 aliphatic rings. The Morgan fingerprint density at radius 3 is 2.70 bits per heavy atom. The van der Waals surface area contributed by atoms with E-state index in [4.69, 9.17) is 4.74 Å². The fraction of sp³-hybridized carbons (Fsp3) is 0.429. The summed E-state index contributed by atoms with van der Waals surface area (Å²) in [4.78, 5) is 26.5. The summed E-state index contributed by atoms with van der Waals surface area (Å²) in [5.74, 6) is -0.133. The number of carbonyl (C=O) groups is 2. The topological polar surface area (TPSA) is 46.6 Å². The minimum atomic E-state index is -0.159. The van der Waals surface area contributed by atoms with Crippen LogP contribution < -0.4 is 0 Å². The van der Waals surface area contributed by atoms with E-state index >= 15 is 0 Å². The van der Waals surface area contributed by atoms with Crippen LogP contribution in [0, 0.1) is 5.92 Å². The van der Waals surface area contributed by atoms with Gasteiger partial charge in [-0.25, -0.2) is 0 Å². The second kappa shape index (κ2) is 5.54. The average molecular weight is 309 g/mol. The second-order valence-corrected chi connectivity index (χ2v) is 6.88. The molecule has 0 saturated carbocycles. The molecule has 0 atom stereocenters. The molecule has 2 aromatic rings. The van der Waals surface area contributed by atoms with E-state index in [0.717, 1.165) is 4.88 Å². The molecule has 4 nitrogen and oxygen atoms in total. The maximum atomic E-state index is 12.4. The third-order valence-corrected chi connectivity index (χ3v) is 5.75. The van der Waals surface area contributed by atoms with Crippen molar-refractivity contribution in [1.29, 1.82) is 0 Å². The zero-order valence-corrected chi connectivity index (χ0v) is 12.8. The molecular formula is C14H15NO3S2. The number of carbonyl (C=O) groups excluding carboxylic acids is 2. The van der Waals surface area contributed by atoms with Gasteiger partial charge in [-0.15, -0.1) is 22.7 Å². The summed E-state index contributed by atoms with van der Waals surface area (Å²) < 4.78 is 7.10. The lowest BCUT2D eigenvalue weighted by Crippen LogP contribution is -2.40. The highest BCUT2D eigenvalue weighted by molar-refractivity contribution is 7.27. The lowest BCUT2D eigenvalue weighted by molar-refractivity contribution is -0.146. The molecule has 0 spiro atoms. The van der Waals surface area contributed by atoms with Crippen molar-refractivity contribution < 1.29 is 14.3 Å². The highest BCUT2D eigenvalue weighted by atomic mass is 32.1. The van der Waals surface area contributed by atoms with Gasteiger partial charge in [-0.05, 0) is 30.4 Å². The van der Waals surface area contributed by atoms with Crippen molar-refractivity contribution >= 4 is 43.9 Å². The second-order valence-electron chi connectivity index (χ2n) is 4.85. The number of likely N-dealkylation sites (tertiary alicyclic amines) is 1. The summed E-state index contributed by atoms with van der Waals surface area (Å²) in [7, 11) is 1.41. The van der Waals surface area contributed by atoms with Crippen LogP contribution in [0.4, 0.5) is 0 Å². The van der Waals surface area contributed by atoms with E-state index in [2.05, 4.69) is 0 Å². The van der Waals surface area contributed by atoms with E-state index in [1.54, 1.807) is 22.7 Å². The number of hydrogen-bond acceptors (Lipinski definition) is 5. The number of ether oxygens (including phenoxy) is 1. The van der Waals surface area contributed by atoms with Crippen LogP contribution in [0.2, 0.25) is 0 Å². The Morgan fingerprint density at radius 1 is 1.30 bits per heavy atom. The van der Waals surface area contributed by atoms with Gasteiger partial charge in [0.1, 0.15) is 0 Å². The first-order chi connectivity index (χ1) is 9.69. The Hall–Kier alpha value is -1.40. The molecule has 0 aromatic carbocycles. The largest absolute Gasteiger partial charge is 0.469 e.